The Labute approximate surface area is 102 Å². The number of nitrogens with two attached hydrogens (primary N) is 1. The smallest absolute Gasteiger partial charge is 0.0637 e. The first-order chi connectivity index (χ1) is 8.19. The summed E-state index contributed by atoms with van der Waals surface area (Å²) < 4.78 is 5.04. The number of aliphatic hydroxyl groups excluding tert-OH is 1. The van der Waals surface area contributed by atoms with Crippen molar-refractivity contribution in [3.05, 3.63) is 24.0 Å². The maximum absolute atomic E-state index is 9.02. The Morgan fingerprint density at radius 2 is 2.24 bits per heavy atom. The summed E-state index contributed by atoms with van der Waals surface area (Å²) in [6, 6.07) is 3.82. The highest BCUT2D eigenvalue weighted by molar-refractivity contribution is 5.44. The van der Waals surface area contributed by atoms with Crippen molar-refractivity contribution in [1.29, 1.82) is 0 Å². The van der Waals surface area contributed by atoms with Gasteiger partial charge in [0.05, 0.1) is 30.8 Å². The minimum absolute atomic E-state index is 0.0608. The Morgan fingerprint density at radius 3 is 2.71 bits per heavy atom. The van der Waals surface area contributed by atoms with Crippen LogP contribution >= 0.6 is 0 Å². The highest BCUT2D eigenvalue weighted by Gasteiger charge is 2.07. The number of hydrogen-bond acceptors (Lipinski definition) is 5. The van der Waals surface area contributed by atoms with Gasteiger partial charge in [-0.15, -0.1) is 0 Å². The van der Waals surface area contributed by atoms with Crippen molar-refractivity contribution < 1.29 is 9.84 Å². The van der Waals surface area contributed by atoms with Crippen molar-refractivity contribution in [2.75, 3.05) is 38.3 Å². The van der Waals surface area contributed by atoms with E-state index in [9.17, 15) is 0 Å². The molecule has 0 fully saturated rings. The standard InChI is InChI=1S/C12H21N3O2/c1-10(13)12-4-3-11(9-14-12)15(5-7-16)6-8-17-2/h3-4,9-10,16H,5-8,13H2,1-2H3. The summed E-state index contributed by atoms with van der Waals surface area (Å²) in [6.45, 7) is 3.94. The molecule has 0 aliphatic carbocycles. The predicted molar refractivity (Wildman–Crippen MR) is 68.0 cm³/mol. The van der Waals surface area contributed by atoms with Crippen molar-refractivity contribution in [1.82, 2.24) is 4.98 Å². The zero-order chi connectivity index (χ0) is 12.7. The van der Waals surface area contributed by atoms with Gasteiger partial charge in [-0.2, -0.15) is 0 Å². The SMILES string of the molecule is COCCN(CCO)c1ccc(C(C)N)nc1. The summed E-state index contributed by atoms with van der Waals surface area (Å²) in [5, 5.41) is 9.02. The van der Waals surface area contributed by atoms with Crippen molar-refractivity contribution >= 4 is 5.69 Å². The number of anilines is 1. The average Bonchev–Trinajstić information content (AvgIpc) is 2.34. The van der Waals surface area contributed by atoms with Gasteiger partial charge in [0.25, 0.3) is 0 Å². The van der Waals surface area contributed by atoms with E-state index in [1.807, 2.05) is 24.0 Å². The van der Waals surface area contributed by atoms with Gasteiger partial charge in [0, 0.05) is 26.2 Å². The van der Waals surface area contributed by atoms with E-state index in [2.05, 4.69) is 4.98 Å². The number of rotatable bonds is 7. The molecule has 0 aromatic carbocycles. The molecule has 0 aliphatic rings. The van der Waals surface area contributed by atoms with E-state index in [1.54, 1.807) is 13.3 Å². The third-order valence-corrected chi connectivity index (χ3v) is 2.54. The Morgan fingerprint density at radius 1 is 1.47 bits per heavy atom. The van der Waals surface area contributed by atoms with E-state index in [4.69, 9.17) is 15.6 Å². The number of methoxy groups -OCH3 is 1. The molecule has 0 amide bonds. The quantitative estimate of drug-likeness (QED) is 0.727. The second kappa shape index (κ2) is 7.21. The van der Waals surface area contributed by atoms with Gasteiger partial charge in [0.2, 0.25) is 0 Å². The molecular weight excluding hydrogens is 218 g/mol. The summed E-state index contributed by atoms with van der Waals surface area (Å²) in [7, 11) is 1.66. The van der Waals surface area contributed by atoms with Crippen LogP contribution in [-0.4, -0.2) is 43.5 Å². The van der Waals surface area contributed by atoms with Gasteiger partial charge in [-0.05, 0) is 19.1 Å². The molecule has 96 valence electrons. The zero-order valence-electron chi connectivity index (χ0n) is 10.5. The summed E-state index contributed by atoms with van der Waals surface area (Å²) in [4.78, 5) is 6.33. The Kier molecular flexibility index (Phi) is 5.90. The van der Waals surface area contributed by atoms with E-state index < -0.39 is 0 Å². The van der Waals surface area contributed by atoms with Gasteiger partial charge in [0.15, 0.2) is 0 Å². The Bertz CT molecular complexity index is 314. The zero-order valence-corrected chi connectivity index (χ0v) is 10.5. The monoisotopic (exact) mass is 239 g/mol. The van der Waals surface area contributed by atoms with Gasteiger partial charge < -0.3 is 20.5 Å². The summed E-state index contributed by atoms with van der Waals surface area (Å²) in [5.41, 5.74) is 7.58. The Hall–Kier alpha value is -1.17. The van der Waals surface area contributed by atoms with Crippen LogP contribution in [0.1, 0.15) is 18.7 Å². The minimum atomic E-state index is -0.0608. The van der Waals surface area contributed by atoms with Gasteiger partial charge in [-0.1, -0.05) is 0 Å². The summed E-state index contributed by atoms with van der Waals surface area (Å²) >= 11 is 0. The van der Waals surface area contributed by atoms with Crippen LogP contribution in [0.2, 0.25) is 0 Å². The molecule has 1 rings (SSSR count). The van der Waals surface area contributed by atoms with Gasteiger partial charge in [-0.25, -0.2) is 0 Å². The van der Waals surface area contributed by atoms with Crippen LogP contribution in [-0.2, 0) is 4.74 Å². The van der Waals surface area contributed by atoms with Crippen molar-refractivity contribution in [3.63, 3.8) is 0 Å². The van der Waals surface area contributed by atoms with E-state index in [1.165, 1.54) is 0 Å². The number of aromatic nitrogens is 1. The third-order valence-electron chi connectivity index (χ3n) is 2.54. The molecule has 5 nitrogen and oxygen atoms in total. The first kappa shape index (κ1) is 13.9. The van der Waals surface area contributed by atoms with E-state index in [0.29, 0.717) is 13.2 Å². The van der Waals surface area contributed by atoms with E-state index in [-0.39, 0.29) is 12.6 Å². The van der Waals surface area contributed by atoms with Gasteiger partial charge in [-0.3, -0.25) is 4.98 Å². The molecule has 0 saturated carbocycles. The highest BCUT2D eigenvalue weighted by Crippen LogP contribution is 2.15. The van der Waals surface area contributed by atoms with Crippen LogP contribution in [0, 0.1) is 0 Å². The molecule has 0 saturated heterocycles. The molecule has 1 aromatic heterocycles. The van der Waals surface area contributed by atoms with E-state index in [0.717, 1.165) is 17.9 Å². The fourth-order valence-electron chi connectivity index (χ4n) is 1.55. The van der Waals surface area contributed by atoms with Crippen LogP contribution in [0.25, 0.3) is 0 Å². The number of hydrogen-bond donors (Lipinski definition) is 2. The first-order valence-electron chi connectivity index (χ1n) is 5.75. The second-order valence-corrected chi connectivity index (χ2v) is 3.93. The number of ether oxygens (including phenoxy) is 1. The maximum Gasteiger partial charge on any atom is 0.0637 e. The number of aliphatic hydroxyl groups is 1. The summed E-state index contributed by atoms with van der Waals surface area (Å²) in [6.07, 6.45) is 1.78. The van der Waals surface area contributed by atoms with Crippen LogP contribution in [0.3, 0.4) is 0 Å². The molecule has 3 N–H and O–H groups in total. The minimum Gasteiger partial charge on any atom is -0.395 e. The Balaban J connectivity index is 2.72. The maximum atomic E-state index is 9.02. The molecule has 17 heavy (non-hydrogen) atoms. The molecule has 0 radical (unpaired) electrons. The highest BCUT2D eigenvalue weighted by atomic mass is 16.5. The molecule has 0 bridgehead atoms. The number of nitrogens with zero attached hydrogens (tertiary/aromatic N) is 2. The molecule has 1 unspecified atom stereocenters. The lowest BCUT2D eigenvalue weighted by atomic mass is 10.2. The van der Waals surface area contributed by atoms with Crippen molar-refractivity contribution in [2.45, 2.75) is 13.0 Å². The second-order valence-electron chi connectivity index (χ2n) is 3.93. The molecule has 1 atom stereocenters. The average molecular weight is 239 g/mol. The fraction of sp³-hybridized carbons (Fsp3) is 0.583. The molecule has 0 aliphatic heterocycles. The lowest BCUT2D eigenvalue weighted by Crippen LogP contribution is -2.30. The first-order valence-corrected chi connectivity index (χ1v) is 5.75. The lowest BCUT2D eigenvalue weighted by Gasteiger charge is -2.23. The van der Waals surface area contributed by atoms with Crippen LogP contribution in [0.15, 0.2) is 18.3 Å². The predicted octanol–water partition coefficient (Wildman–Crippen LogP) is 0.546. The molecule has 1 heterocycles. The number of pyridine rings is 1. The fourth-order valence-corrected chi connectivity index (χ4v) is 1.55. The van der Waals surface area contributed by atoms with Crippen LogP contribution in [0.4, 0.5) is 5.69 Å². The van der Waals surface area contributed by atoms with Crippen LogP contribution in [0.5, 0.6) is 0 Å². The van der Waals surface area contributed by atoms with Gasteiger partial charge in [0.1, 0.15) is 0 Å². The molecule has 5 heteroatoms. The largest absolute Gasteiger partial charge is 0.395 e. The summed E-state index contributed by atoms with van der Waals surface area (Å²) in [5.74, 6) is 0. The topological polar surface area (TPSA) is 71.6 Å². The van der Waals surface area contributed by atoms with E-state index >= 15 is 0 Å². The van der Waals surface area contributed by atoms with Crippen LogP contribution < -0.4 is 10.6 Å². The third kappa shape index (κ3) is 4.30. The molecule has 1 aromatic rings. The lowest BCUT2D eigenvalue weighted by molar-refractivity contribution is 0.203. The van der Waals surface area contributed by atoms with Crippen molar-refractivity contribution in [3.8, 4) is 0 Å². The van der Waals surface area contributed by atoms with Gasteiger partial charge >= 0.3 is 0 Å². The van der Waals surface area contributed by atoms with Crippen molar-refractivity contribution in [2.24, 2.45) is 5.73 Å². The normalized spacial score (nSPS) is 12.5. The molecule has 0 spiro atoms. The molecular formula is C12H21N3O2.